The van der Waals surface area contributed by atoms with Gasteiger partial charge in [-0.1, -0.05) is 13.8 Å². The molecule has 0 radical (unpaired) electrons. The molecule has 4 nitrogen and oxygen atoms in total. The van der Waals surface area contributed by atoms with Crippen LogP contribution in [0.1, 0.15) is 72.1 Å². The van der Waals surface area contributed by atoms with Crippen LogP contribution < -0.4 is 0 Å². The molecule has 4 aliphatic carbocycles. The van der Waals surface area contributed by atoms with Crippen molar-refractivity contribution in [1.82, 2.24) is 0 Å². The van der Waals surface area contributed by atoms with Crippen LogP contribution in [0.2, 0.25) is 0 Å². The number of carbonyl (C=O) groups excluding carboxylic acids is 3. The van der Waals surface area contributed by atoms with Gasteiger partial charge in [0.1, 0.15) is 17.7 Å². The summed E-state index contributed by atoms with van der Waals surface area (Å²) in [5.41, 5.74) is -0.112. The van der Waals surface area contributed by atoms with Gasteiger partial charge in [-0.3, -0.25) is 14.4 Å². The van der Waals surface area contributed by atoms with Crippen LogP contribution in [0.25, 0.3) is 0 Å². The number of hydrogen-bond acceptors (Lipinski definition) is 4. The van der Waals surface area contributed by atoms with Crippen molar-refractivity contribution < 1.29 is 19.1 Å². The third kappa shape index (κ3) is 2.43. The molecule has 4 fully saturated rings. The lowest BCUT2D eigenvalue weighted by molar-refractivity contribution is -0.185. The van der Waals surface area contributed by atoms with Crippen LogP contribution in [0.5, 0.6) is 0 Å². The van der Waals surface area contributed by atoms with Gasteiger partial charge in [-0.05, 0) is 55.3 Å². The first-order valence-corrected chi connectivity index (χ1v) is 9.98. The lowest BCUT2D eigenvalue weighted by Gasteiger charge is -2.60. The standard InChI is InChI=1S/C21H30O4/c1-12(22)25-18-11-14-15-4-5-19(24)21(15,3)9-7-16(14)20(2)8-6-13(23)10-17(18)20/h14-18H,4-11H2,1-3H3/t14-,15-,16-,17+,18?,20+,21-/m0/s1. The van der Waals surface area contributed by atoms with E-state index < -0.39 is 0 Å². The highest BCUT2D eigenvalue weighted by atomic mass is 16.5. The van der Waals surface area contributed by atoms with Crippen LogP contribution in [-0.4, -0.2) is 23.6 Å². The smallest absolute Gasteiger partial charge is 0.302 e. The Hall–Kier alpha value is -1.19. The van der Waals surface area contributed by atoms with Gasteiger partial charge in [0.25, 0.3) is 0 Å². The molecule has 0 amide bonds. The van der Waals surface area contributed by atoms with Crippen molar-refractivity contribution in [3.8, 4) is 0 Å². The van der Waals surface area contributed by atoms with Crippen LogP contribution in [0.15, 0.2) is 0 Å². The van der Waals surface area contributed by atoms with Crippen molar-refractivity contribution in [1.29, 1.82) is 0 Å². The molecule has 0 bridgehead atoms. The van der Waals surface area contributed by atoms with Crippen molar-refractivity contribution in [3.05, 3.63) is 0 Å². The molecule has 0 aromatic heterocycles. The third-order valence-corrected chi connectivity index (χ3v) is 8.50. The summed E-state index contributed by atoms with van der Waals surface area (Å²) in [7, 11) is 0. The summed E-state index contributed by atoms with van der Waals surface area (Å²) >= 11 is 0. The highest BCUT2D eigenvalue weighted by molar-refractivity contribution is 5.87. The number of ether oxygens (including phenoxy) is 1. The summed E-state index contributed by atoms with van der Waals surface area (Å²) in [5.74, 6) is 2.09. The van der Waals surface area contributed by atoms with Gasteiger partial charge in [-0.15, -0.1) is 0 Å². The van der Waals surface area contributed by atoms with Crippen LogP contribution in [0.4, 0.5) is 0 Å². The molecule has 0 spiro atoms. The highest BCUT2D eigenvalue weighted by Gasteiger charge is 2.62. The molecule has 0 heterocycles. The first kappa shape index (κ1) is 17.2. The summed E-state index contributed by atoms with van der Waals surface area (Å²) in [6.45, 7) is 5.97. The van der Waals surface area contributed by atoms with Gasteiger partial charge in [-0.2, -0.15) is 0 Å². The van der Waals surface area contributed by atoms with Gasteiger partial charge in [0, 0.05) is 37.5 Å². The van der Waals surface area contributed by atoms with Gasteiger partial charge < -0.3 is 4.74 Å². The van der Waals surface area contributed by atoms with E-state index in [9.17, 15) is 14.4 Å². The minimum atomic E-state index is -0.245. The quantitative estimate of drug-likeness (QED) is 0.679. The van der Waals surface area contributed by atoms with E-state index in [0.717, 1.165) is 32.1 Å². The zero-order valence-corrected chi connectivity index (χ0v) is 15.7. The Kier molecular flexibility index (Phi) is 3.90. The lowest BCUT2D eigenvalue weighted by atomic mass is 9.44. The van der Waals surface area contributed by atoms with Crippen LogP contribution in [0, 0.1) is 34.5 Å². The van der Waals surface area contributed by atoms with E-state index in [1.165, 1.54) is 6.92 Å². The molecule has 1 unspecified atom stereocenters. The number of Topliss-reactive ketones (excluding diaryl/α,β-unsaturated/α-hetero) is 2. The Bertz CT molecular complexity index is 625. The number of fused-ring (bicyclic) bond motifs is 5. The summed E-state index contributed by atoms with van der Waals surface area (Å²) in [6, 6.07) is 0. The Balaban J connectivity index is 1.71. The maximum absolute atomic E-state index is 12.5. The Labute approximate surface area is 150 Å². The SMILES string of the molecule is CC(=O)OC1C[C@@H]2[C@H](CC[C@]3(C)C(=O)CC[C@@H]23)[C@@]2(C)CCC(=O)C[C@H]12. The number of ketones is 2. The van der Waals surface area contributed by atoms with Crippen molar-refractivity contribution in [2.75, 3.05) is 0 Å². The normalized spacial score (nSPS) is 49.2. The molecule has 138 valence electrons. The fourth-order valence-corrected chi connectivity index (χ4v) is 7.17. The number of rotatable bonds is 1. The average Bonchev–Trinajstić information content (AvgIpc) is 2.84. The van der Waals surface area contributed by atoms with E-state index in [1.54, 1.807) is 0 Å². The van der Waals surface area contributed by atoms with Crippen molar-refractivity contribution >= 4 is 17.5 Å². The maximum atomic E-state index is 12.5. The predicted octanol–water partition coefficient (Wildman–Crippen LogP) is 3.71. The second-order valence-electron chi connectivity index (χ2n) is 9.53. The summed E-state index contributed by atoms with van der Waals surface area (Å²) < 4.78 is 5.76. The largest absolute Gasteiger partial charge is 0.462 e. The third-order valence-electron chi connectivity index (χ3n) is 8.50. The summed E-state index contributed by atoms with van der Waals surface area (Å²) in [5, 5.41) is 0. The van der Waals surface area contributed by atoms with Gasteiger partial charge in [0.15, 0.2) is 0 Å². The maximum Gasteiger partial charge on any atom is 0.302 e. The fraction of sp³-hybridized carbons (Fsp3) is 0.857. The van der Waals surface area contributed by atoms with Crippen LogP contribution in [-0.2, 0) is 19.1 Å². The van der Waals surface area contributed by atoms with E-state index in [1.807, 2.05) is 0 Å². The number of hydrogen-bond donors (Lipinski definition) is 0. The molecule has 4 heteroatoms. The molecule has 25 heavy (non-hydrogen) atoms. The molecular weight excluding hydrogens is 316 g/mol. The number of carbonyl (C=O) groups is 3. The number of esters is 1. The van der Waals surface area contributed by atoms with E-state index in [2.05, 4.69) is 13.8 Å². The molecule has 4 saturated carbocycles. The average molecular weight is 346 g/mol. The van der Waals surface area contributed by atoms with E-state index in [0.29, 0.717) is 48.6 Å². The Morgan fingerprint density at radius 3 is 2.52 bits per heavy atom. The van der Waals surface area contributed by atoms with Gasteiger partial charge >= 0.3 is 5.97 Å². The molecule has 0 aliphatic heterocycles. The first-order chi connectivity index (χ1) is 11.8. The zero-order valence-electron chi connectivity index (χ0n) is 15.7. The minimum Gasteiger partial charge on any atom is -0.462 e. The van der Waals surface area contributed by atoms with Crippen molar-refractivity contribution in [2.45, 2.75) is 78.2 Å². The van der Waals surface area contributed by atoms with Crippen molar-refractivity contribution in [2.24, 2.45) is 34.5 Å². The van der Waals surface area contributed by atoms with Gasteiger partial charge in [0.05, 0.1) is 0 Å². The van der Waals surface area contributed by atoms with Gasteiger partial charge in [0.2, 0.25) is 0 Å². The summed E-state index contributed by atoms with van der Waals surface area (Å²) in [4.78, 5) is 36.4. The highest BCUT2D eigenvalue weighted by Crippen LogP contribution is 2.65. The zero-order chi connectivity index (χ0) is 18.0. The lowest BCUT2D eigenvalue weighted by Crippen LogP contribution is -2.58. The fourth-order valence-electron chi connectivity index (χ4n) is 7.17. The Morgan fingerprint density at radius 1 is 1.04 bits per heavy atom. The van der Waals surface area contributed by atoms with E-state index in [-0.39, 0.29) is 28.8 Å². The minimum absolute atomic E-state index is 0.0594. The molecule has 0 saturated heterocycles. The molecular formula is C21H30O4. The first-order valence-electron chi connectivity index (χ1n) is 9.98. The molecule has 0 aromatic rings. The van der Waals surface area contributed by atoms with Crippen LogP contribution >= 0.6 is 0 Å². The van der Waals surface area contributed by atoms with Crippen molar-refractivity contribution in [3.63, 3.8) is 0 Å². The molecule has 0 aromatic carbocycles. The Morgan fingerprint density at radius 2 is 1.80 bits per heavy atom. The molecule has 7 atom stereocenters. The molecule has 4 aliphatic rings. The van der Waals surface area contributed by atoms with Crippen LogP contribution in [0.3, 0.4) is 0 Å². The second kappa shape index (κ2) is 5.65. The second-order valence-corrected chi connectivity index (χ2v) is 9.53. The van der Waals surface area contributed by atoms with E-state index in [4.69, 9.17) is 4.74 Å². The topological polar surface area (TPSA) is 60.4 Å². The van der Waals surface area contributed by atoms with Gasteiger partial charge in [-0.25, -0.2) is 0 Å². The molecule has 4 rings (SSSR count). The molecule has 0 N–H and O–H groups in total. The monoisotopic (exact) mass is 346 g/mol. The summed E-state index contributed by atoms with van der Waals surface area (Å²) in [6.07, 6.45) is 6.57. The predicted molar refractivity (Wildman–Crippen MR) is 92.7 cm³/mol. The van der Waals surface area contributed by atoms with E-state index >= 15 is 0 Å².